The van der Waals surface area contributed by atoms with E-state index in [0.29, 0.717) is 18.4 Å². The van der Waals surface area contributed by atoms with Crippen molar-refractivity contribution in [3.05, 3.63) is 35.4 Å². The summed E-state index contributed by atoms with van der Waals surface area (Å²) in [5, 5.41) is 0. The molecule has 1 aromatic rings. The van der Waals surface area contributed by atoms with Gasteiger partial charge in [0, 0.05) is 25.7 Å². The highest BCUT2D eigenvalue weighted by atomic mass is 16.5. The number of nitrogens with zero attached hydrogens (tertiary/aromatic N) is 2. The normalized spacial score (nSPS) is 22.7. The summed E-state index contributed by atoms with van der Waals surface area (Å²) in [6.45, 7) is 5.41. The van der Waals surface area contributed by atoms with Crippen LogP contribution in [-0.4, -0.2) is 56.1 Å². The highest BCUT2D eigenvalue weighted by molar-refractivity contribution is 5.72. The molecule has 0 spiro atoms. The van der Waals surface area contributed by atoms with Gasteiger partial charge in [-0.1, -0.05) is 31.2 Å². The smallest absolute Gasteiger partial charge is 0.309 e. The average molecular weight is 290 g/mol. The van der Waals surface area contributed by atoms with Gasteiger partial charge in [-0.2, -0.15) is 0 Å². The fourth-order valence-corrected chi connectivity index (χ4v) is 3.20. The van der Waals surface area contributed by atoms with Gasteiger partial charge in [0.2, 0.25) is 0 Å². The summed E-state index contributed by atoms with van der Waals surface area (Å²) in [6.07, 6.45) is 0.354. The summed E-state index contributed by atoms with van der Waals surface area (Å²) in [6, 6.07) is 8.77. The standard InChI is InChI=1S/C17H26N2O2/c1-13-10-19(12-16(13)18(2)3)11-15-8-6-5-7-14(15)9-17(20)21-4/h5-8,13,16H,9-12H2,1-4H3. The number of likely N-dealkylation sites (tertiary alicyclic amines) is 1. The zero-order valence-corrected chi connectivity index (χ0v) is 13.5. The van der Waals surface area contributed by atoms with Crippen molar-refractivity contribution in [3.63, 3.8) is 0 Å². The molecule has 1 aliphatic rings. The third-order valence-electron chi connectivity index (χ3n) is 4.39. The molecular formula is C17H26N2O2. The molecule has 2 unspecified atom stereocenters. The maximum absolute atomic E-state index is 11.5. The first-order valence-electron chi connectivity index (χ1n) is 7.53. The lowest BCUT2D eigenvalue weighted by Gasteiger charge is -2.23. The third-order valence-corrected chi connectivity index (χ3v) is 4.39. The number of ether oxygens (including phenoxy) is 1. The molecule has 4 nitrogen and oxygen atoms in total. The van der Waals surface area contributed by atoms with Gasteiger partial charge >= 0.3 is 5.97 Å². The van der Waals surface area contributed by atoms with Crippen LogP contribution in [0.25, 0.3) is 0 Å². The predicted octanol–water partition coefficient (Wildman–Crippen LogP) is 1.78. The van der Waals surface area contributed by atoms with E-state index < -0.39 is 0 Å². The van der Waals surface area contributed by atoms with Gasteiger partial charge in [0.05, 0.1) is 13.5 Å². The Bertz CT molecular complexity index is 487. The molecule has 1 saturated heterocycles. The van der Waals surface area contributed by atoms with Crippen molar-refractivity contribution in [1.82, 2.24) is 9.80 Å². The number of methoxy groups -OCH3 is 1. The van der Waals surface area contributed by atoms with Crippen molar-refractivity contribution < 1.29 is 9.53 Å². The van der Waals surface area contributed by atoms with Crippen LogP contribution in [0.3, 0.4) is 0 Å². The van der Waals surface area contributed by atoms with Gasteiger partial charge in [-0.25, -0.2) is 0 Å². The summed E-state index contributed by atoms with van der Waals surface area (Å²) in [5.74, 6) is 0.496. The quantitative estimate of drug-likeness (QED) is 0.774. The molecule has 21 heavy (non-hydrogen) atoms. The molecule has 0 aliphatic carbocycles. The minimum Gasteiger partial charge on any atom is -0.469 e. The fourth-order valence-electron chi connectivity index (χ4n) is 3.20. The molecule has 0 aromatic heterocycles. The number of esters is 1. The second-order valence-corrected chi connectivity index (χ2v) is 6.22. The largest absolute Gasteiger partial charge is 0.469 e. The predicted molar refractivity (Wildman–Crippen MR) is 84.1 cm³/mol. The number of hydrogen-bond donors (Lipinski definition) is 0. The van der Waals surface area contributed by atoms with Crippen molar-refractivity contribution in [3.8, 4) is 0 Å². The lowest BCUT2D eigenvalue weighted by atomic mass is 10.0. The summed E-state index contributed by atoms with van der Waals surface area (Å²) >= 11 is 0. The number of carbonyl (C=O) groups is 1. The zero-order valence-electron chi connectivity index (χ0n) is 13.5. The summed E-state index contributed by atoms with van der Waals surface area (Å²) in [4.78, 5) is 16.3. The highest BCUT2D eigenvalue weighted by Crippen LogP contribution is 2.23. The Morgan fingerprint density at radius 3 is 2.52 bits per heavy atom. The van der Waals surface area contributed by atoms with Gasteiger partial charge in [-0.15, -0.1) is 0 Å². The number of hydrogen-bond acceptors (Lipinski definition) is 4. The Kier molecular flexibility index (Phi) is 5.37. The van der Waals surface area contributed by atoms with Crippen LogP contribution in [0.15, 0.2) is 24.3 Å². The topological polar surface area (TPSA) is 32.8 Å². The molecule has 0 amide bonds. The minimum atomic E-state index is -0.177. The summed E-state index contributed by atoms with van der Waals surface area (Å²) < 4.78 is 4.79. The van der Waals surface area contributed by atoms with Gasteiger partial charge in [0.25, 0.3) is 0 Å². The van der Waals surface area contributed by atoms with Crippen molar-refractivity contribution >= 4 is 5.97 Å². The van der Waals surface area contributed by atoms with Crippen LogP contribution in [0.2, 0.25) is 0 Å². The second kappa shape index (κ2) is 7.05. The van der Waals surface area contributed by atoms with Crippen molar-refractivity contribution in [1.29, 1.82) is 0 Å². The molecule has 2 rings (SSSR count). The Hall–Kier alpha value is -1.39. The van der Waals surface area contributed by atoms with Crippen LogP contribution in [0.5, 0.6) is 0 Å². The Morgan fingerprint density at radius 2 is 1.95 bits per heavy atom. The first kappa shape index (κ1) is 16.0. The molecule has 0 bridgehead atoms. The highest BCUT2D eigenvalue weighted by Gasteiger charge is 2.31. The summed E-state index contributed by atoms with van der Waals surface area (Å²) in [5.41, 5.74) is 2.31. The lowest BCUT2D eigenvalue weighted by Crippen LogP contribution is -2.34. The van der Waals surface area contributed by atoms with Gasteiger partial charge in [0.1, 0.15) is 0 Å². The Morgan fingerprint density at radius 1 is 1.29 bits per heavy atom. The first-order valence-corrected chi connectivity index (χ1v) is 7.53. The maximum atomic E-state index is 11.5. The number of rotatable bonds is 5. The van der Waals surface area contributed by atoms with Gasteiger partial charge < -0.3 is 9.64 Å². The van der Waals surface area contributed by atoms with E-state index in [1.807, 2.05) is 18.2 Å². The number of carbonyl (C=O) groups excluding carboxylic acids is 1. The lowest BCUT2D eigenvalue weighted by molar-refractivity contribution is -0.139. The van der Waals surface area contributed by atoms with E-state index >= 15 is 0 Å². The maximum Gasteiger partial charge on any atom is 0.309 e. The third kappa shape index (κ3) is 4.05. The summed E-state index contributed by atoms with van der Waals surface area (Å²) in [7, 11) is 5.74. The Balaban J connectivity index is 2.05. The Labute approximate surface area is 127 Å². The van der Waals surface area contributed by atoms with Crippen LogP contribution in [0, 0.1) is 5.92 Å². The molecule has 0 N–H and O–H groups in total. The molecule has 1 fully saturated rings. The fraction of sp³-hybridized carbons (Fsp3) is 0.588. The molecule has 2 atom stereocenters. The van der Waals surface area contributed by atoms with E-state index in [1.54, 1.807) is 0 Å². The molecule has 116 valence electrons. The number of likely N-dealkylation sites (N-methyl/N-ethyl adjacent to an activating group) is 1. The zero-order chi connectivity index (χ0) is 15.4. The van der Waals surface area contributed by atoms with E-state index in [2.05, 4.69) is 36.9 Å². The first-order chi connectivity index (χ1) is 10.0. The molecule has 1 aliphatic heterocycles. The number of benzene rings is 1. The van der Waals surface area contributed by atoms with E-state index in [1.165, 1.54) is 12.7 Å². The van der Waals surface area contributed by atoms with E-state index in [0.717, 1.165) is 25.2 Å². The van der Waals surface area contributed by atoms with E-state index in [9.17, 15) is 4.79 Å². The van der Waals surface area contributed by atoms with Crippen molar-refractivity contribution in [2.24, 2.45) is 5.92 Å². The van der Waals surface area contributed by atoms with E-state index in [-0.39, 0.29) is 5.97 Å². The molecule has 0 saturated carbocycles. The monoisotopic (exact) mass is 290 g/mol. The molecule has 1 heterocycles. The van der Waals surface area contributed by atoms with E-state index in [4.69, 9.17) is 4.74 Å². The van der Waals surface area contributed by atoms with Gasteiger partial charge in [-0.05, 0) is 31.1 Å². The van der Waals surface area contributed by atoms with Crippen LogP contribution >= 0.6 is 0 Å². The van der Waals surface area contributed by atoms with Crippen LogP contribution in [-0.2, 0) is 22.5 Å². The minimum absolute atomic E-state index is 0.177. The van der Waals surface area contributed by atoms with Crippen molar-refractivity contribution in [2.45, 2.75) is 25.9 Å². The van der Waals surface area contributed by atoms with Crippen LogP contribution in [0.4, 0.5) is 0 Å². The van der Waals surface area contributed by atoms with Gasteiger partial charge in [0.15, 0.2) is 0 Å². The van der Waals surface area contributed by atoms with Gasteiger partial charge in [-0.3, -0.25) is 9.69 Å². The molecule has 4 heteroatoms. The van der Waals surface area contributed by atoms with Crippen LogP contribution < -0.4 is 0 Å². The molecule has 0 radical (unpaired) electrons. The van der Waals surface area contributed by atoms with Crippen molar-refractivity contribution in [2.75, 3.05) is 34.3 Å². The SMILES string of the molecule is COC(=O)Cc1ccccc1CN1CC(C)C(N(C)C)C1. The average Bonchev–Trinajstić information content (AvgIpc) is 2.82. The second-order valence-electron chi connectivity index (χ2n) is 6.22. The molecule has 1 aromatic carbocycles. The van der Waals surface area contributed by atoms with Crippen LogP contribution in [0.1, 0.15) is 18.1 Å². The molecular weight excluding hydrogens is 264 g/mol.